The Morgan fingerprint density at radius 1 is 1.30 bits per heavy atom. The molecule has 1 amide bonds. The third-order valence-electron chi connectivity index (χ3n) is 3.97. The van der Waals surface area contributed by atoms with Gasteiger partial charge in [0.25, 0.3) is 5.56 Å². The van der Waals surface area contributed by atoms with E-state index in [-0.39, 0.29) is 17.9 Å². The van der Waals surface area contributed by atoms with Crippen molar-refractivity contribution in [3.05, 3.63) is 51.4 Å². The Morgan fingerprint density at radius 3 is 2.87 bits per heavy atom. The maximum atomic E-state index is 12.5. The highest BCUT2D eigenvalue weighted by Crippen LogP contribution is 2.25. The SMILES string of the molecule is CCSc1nnc(NC(=O)Cc2c(C)nc(SCc3cccc(OC)c3)[nH]c2=O)s1. The second kappa shape index (κ2) is 10.6. The number of benzene rings is 1. The van der Waals surface area contributed by atoms with Gasteiger partial charge in [0.15, 0.2) is 9.50 Å². The van der Waals surface area contributed by atoms with Crippen LogP contribution in [0.2, 0.25) is 0 Å². The van der Waals surface area contributed by atoms with Crippen LogP contribution in [0.25, 0.3) is 0 Å². The standard InChI is InChI=1S/C19H21N5O3S3/c1-4-28-19-24-23-18(30-19)21-15(25)9-14-11(2)20-17(22-16(14)26)29-10-12-6-5-7-13(8-12)27-3/h5-8H,4,9-10H2,1-3H3,(H,20,22,26)(H,21,23,25). The summed E-state index contributed by atoms with van der Waals surface area (Å²) >= 11 is 4.28. The Labute approximate surface area is 186 Å². The number of hydrogen-bond acceptors (Lipinski definition) is 9. The molecule has 0 aliphatic heterocycles. The van der Waals surface area contributed by atoms with E-state index in [0.29, 0.717) is 27.3 Å². The van der Waals surface area contributed by atoms with Crippen LogP contribution in [-0.2, 0) is 17.0 Å². The van der Waals surface area contributed by atoms with Gasteiger partial charge in [0.2, 0.25) is 11.0 Å². The summed E-state index contributed by atoms with van der Waals surface area (Å²) in [5.41, 5.74) is 1.61. The Bertz CT molecular complexity index is 1080. The number of nitrogens with one attached hydrogen (secondary N) is 2. The van der Waals surface area contributed by atoms with Crippen LogP contribution in [-0.4, -0.2) is 38.9 Å². The van der Waals surface area contributed by atoms with Gasteiger partial charge in [-0.2, -0.15) is 0 Å². The average Bonchev–Trinajstić information content (AvgIpc) is 3.16. The second-order valence-electron chi connectivity index (χ2n) is 6.11. The van der Waals surface area contributed by atoms with Crippen molar-refractivity contribution in [2.45, 2.75) is 35.5 Å². The van der Waals surface area contributed by atoms with Gasteiger partial charge in [-0.25, -0.2) is 4.98 Å². The van der Waals surface area contributed by atoms with Crippen molar-refractivity contribution in [3.63, 3.8) is 0 Å². The van der Waals surface area contributed by atoms with E-state index in [9.17, 15) is 9.59 Å². The molecule has 8 nitrogen and oxygen atoms in total. The van der Waals surface area contributed by atoms with Gasteiger partial charge in [0, 0.05) is 17.0 Å². The molecule has 1 aromatic carbocycles. The molecule has 2 aromatic heterocycles. The molecule has 2 heterocycles. The summed E-state index contributed by atoms with van der Waals surface area (Å²) in [6.45, 7) is 3.75. The molecular formula is C19H21N5O3S3. The van der Waals surface area contributed by atoms with Crippen molar-refractivity contribution in [3.8, 4) is 5.75 Å². The van der Waals surface area contributed by atoms with E-state index < -0.39 is 0 Å². The molecule has 0 radical (unpaired) electrons. The molecule has 0 aliphatic rings. The molecule has 0 saturated heterocycles. The van der Waals surface area contributed by atoms with E-state index >= 15 is 0 Å². The monoisotopic (exact) mass is 463 g/mol. The van der Waals surface area contributed by atoms with Gasteiger partial charge in [-0.3, -0.25) is 9.59 Å². The molecule has 0 aliphatic carbocycles. The van der Waals surface area contributed by atoms with Gasteiger partial charge in [0.05, 0.1) is 13.5 Å². The molecule has 3 rings (SSSR count). The normalized spacial score (nSPS) is 10.8. The summed E-state index contributed by atoms with van der Waals surface area (Å²) in [7, 11) is 1.62. The zero-order chi connectivity index (χ0) is 21.5. The predicted molar refractivity (Wildman–Crippen MR) is 121 cm³/mol. The fraction of sp³-hybridized carbons (Fsp3) is 0.316. The van der Waals surface area contributed by atoms with Crippen molar-refractivity contribution in [1.29, 1.82) is 0 Å². The highest BCUT2D eigenvalue weighted by atomic mass is 32.2. The molecule has 0 bridgehead atoms. The van der Waals surface area contributed by atoms with Crippen LogP contribution >= 0.6 is 34.9 Å². The van der Waals surface area contributed by atoms with E-state index in [1.807, 2.05) is 31.2 Å². The first-order chi connectivity index (χ1) is 14.5. The Hall–Kier alpha value is -2.37. The predicted octanol–water partition coefficient (Wildman–Crippen LogP) is 3.52. The van der Waals surface area contributed by atoms with Gasteiger partial charge in [-0.1, -0.05) is 53.9 Å². The molecule has 3 aromatic rings. The fourth-order valence-corrected chi connectivity index (χ4v) is 5.06. The van der Waals surface area contributed by atoms with Crippen molar-refractivity contribution < 1.29 is 9.53 Å². The van der Waals surface area contributed by atoms with Crippen LogP contribution in [0, 0.1) is 6.92 Å². The zero-order valence-electron chi connectivity index (χ0n) is 16.7. The summed E-state index contributed by atoms with van der Waals surface area (Å²) in [6.07, 6.45) is -0.0785. The zero-order valence-corrected chi connectivity index (χ0v) is 19.2. The lowest BCUT2D eigenvalue weighted by Gasteiger charge is -2.08. The molecule has 0 fully saturated rings. The van der Waals surface area contributed by atoms with E-state index in [1.54, 1.807) is 25.8 Å². The van der Waals surface area contributed by atoms with Crippen LogP contribution in [0.15, 0.2) is 38.6 Å². The maximum absolute atomic E-state index is 12.5. The highest BCUT2D eigenvalue weighted by molar-refractivity contribution is 8.01. The summed E-state index contributed by atoms with van der Waals surface area (Å²) in [5, 5.41) is 11.6. The molecule has 0 unspecified atom stereocenters. The number of methoxy groups -OCH3 is 1. The van der Waals surface area contributed by atoms with Crippen LogP contribution < -0.4 is 15.6 Å². The lowest BCUT2D eigenvalue weighted by atomic mass is 10.1. The number of H-pyrrole nitrogens is 1. The van der Waals surface area contributed by atoms with Gasteiger partial charge in [0.1, 0.15) is 5.75 Å². The number of thioether (sulfide) groups is 2. The lowest BCUT2D eigenvalue weighted by molar-refractivity contribution is -0.115. The number of ether oxygens (including phenoxy) is 1. The fourth-order valence-electron chi connectivity index (χ4n) is 2.54. The van der Waals surface area contributed by atoms with Gasteiger partial charge < -0.3 is 15.0 Å². The quantitative estimate of drug-likeness (QED) is 0.282. The van der Waals surface area contributed by atoms with Gasteiger partial charge in [-0.05, 0) is 30.4 Å². The van der Waals surface area contributed by atoms with Crippen molar-refractivity contribution in [2.24, 2.45) is 0 Å². The van der Waals surface area contributed by atoms with E-state index in [4.69, 9.17) is 4.74 Å². The molecule has 158 valence electrons. The maximum Gasteiger partial charge on any atom is 0.255 e. The minimum absolute atomic E-state index is 0.0785. The van der Waals surface area contributed by atoms with Crippen molar-refractivity contribution >= 4 is 45.9 Å². The number of aromatic nitrogens is 4. The summed E-state index contributed by atoms with van der Waals surface area (Å²) in [6, 6.07) is 7.72. The first kappa shape index (κ1) is 22.3. The second-order valence-corrected chi connectivity index (χ2v) is 9.56. The van der Waals surface area contributed by atoms with Crippen molar-refractivity contribution in [2.75, 3.05) is 18.2 Å². The van der Waals surface area contributed by atoms with Crippen LogP contribution in [0.1, 0.15) is 23.7 Å². The number of anilines is 1. The molecular weight excluding hydrogens is 442 g/mol. The molecule has 30 heavy (non-hydrogen) atoms. The number of amides is 1. The van der Waals surface area contributed by atoms with Crippen LogP contribution in [0.5, 0.6) is 5.75 Å². The number of rotatable bonds is 9. The third kappa shape index (κ3) is 6.07. The number of hydrogen-bond donors (Lipinski definition) is 2. The van der Waals surface area contributed by atoms with E-state index in [1.165, 1.54) is 23.1 Å². The topological polar surface area (TPSA) is 110 Å². The number of carbonyl (C=O) groups is 1. The summed E-state index contributed by atoms with van der Waals surface area (Å²) in [5.74, 6) is 1.97. The number of aromatic amines is 1. The smallest absolute Gasteiger partial charge is 0.255 e. The average molecular weight is 464 g/mol. The molecule has 0 spiro atoms. The molecule has 0 saturated carbocycles. The number of carbonyl (C=O) groups excluding carboxylic acids is 1. The van der Waals surface area contributed by atoms with Crippen molar-refractivity contribution in [1.82, 2.24) is 20.2 Å². The first-order valence-corrected chi connectivity index (χ1v) is 11.9. The molecule has 2 N–H and O–H groups in total. The Morgan fingerprint density at radius 2 is 2.13 bits per heavy atom. The Kier molecular flexibility index (Phi) is 7.88. The number of aryl methyl sites for hydroxylation is 1. The molecule has 11 heteroatoms. The largest absolute Gasteiger partial charge is 0.497 e. The highest BCUT2D eigenvalue weighted by Gasteiger charge is 2.15. The Balaban J connectivity index is 1.63. The van der Waals surface area contributed by atoms with Gasteiger partial charge >= 0.3 is 0 Å². The van der Waals surface area contributed by atoms with Crippen LogP contribution in [0.4, 0.5) is 5.13 Å². The van der Waals surface area contributed by atoms with E-state index in [0.717, 1.165) is 21.4 Å². The summed E-state index contributed by atoms with van der Waals surface area (Å²) in [4.78, 5) is 32.1. The summed E-state index contributed by atoms with van der Waals surface area (Å²) < 4.78 is 6.02. The third-order valence-corrected chi connectivity index (χ3v) is 6.77. The minimum atomic E-state index is -0.327. The van der Waals surface area contributed by atoms with E-state index in [2.05, 4.69) is 25.5 Å². The molecule has 0 atom stereocenters. The number of nitrogens with zero attached hydrogens (tertiary/aromatic N) is 3. The lowest BCUT2D eigenvalue weighted by Crippen LogP contribution is -2.23. The van der Waals surface area contributed by atoms with Crippen LogP contribution in [0.3, 0.4) is 0 Å². The first-order valence-electron chi connectivity index (χ1n) is 9.10. The van der Waals surface area contributed by atoms with Gasteiger partial charge in [-0.15, -0.1) is 10.2 Å². The minimum Gasteiger partial charge on any atom is -0.497 e.